The van der Waals surface area contributed by atoms with Crippen LogP contribution in [-0.2, 0) is 24.9 Å². The minimum atomic E-state index is 0. The summed E-state index contributed by atoms with van der Waals surface area (Å²) < 4.78 is 9.74. The molecule has 124 valence electrons. The second-order valence-electron chi connectivity index (χ2n) is 5.77. The molecule has 0 fully saturated rings. The molecule has 0 saturated carbocycles. The maximum absolute atomic E-state index is 8.73. The van der Waals surface area contributed by atoms with E-state index in [0.29, 0.717) is 19.3 Å². The van der Waals surface area contributed by atoms with Crippen molar-refractivity contribution in [2.45, 2.75) is 31.9 Å². The fraction of sp³-hybridized carbons (Fsp3) is 0.412. The Bertz CT molecular complexity index is 670. The lowest BCUT2D eigenvalue weighted by Crippen LogP contribution is -3.00. The number of imidazole rings is 1. The van der Waals surface area contributed by atoms with Crippen molar-refractivity contribution in [3.8, 4) is 0 Å². The fourth-order valence-electron chi connectivity index (χ4n) is 3.18. The lowest BCUT2D eigenvalue weighted by Gasteiger charge is -2.25. The number of nitrogens with zero attached hydrogens (tertiary/aromatic N) is 3. The molecular formula is C17H22ClN3O2. The molecule has 1 aromatic carbocycles. The van der Waals surface area contributed by atoms with Gasteiger partial charge in [-0.2, -0.15) is 0 Å². The number of hydrogen-bond donors (Lipinski definition) is 1. The SMILES string of the molecule is C[n+]1ccn(COCC2CCCc3ccccc32)c1/C=N/O.[Cl-]. The molecule has 6 heteroatoms. The van der Waals surface area contributed by atoms with Crippen LogP contribution in [0.15, 0.2) is 41.8 Å². The molecule has 23 heavy (non-hydrogen) atoms. The van der Waals surface area contributed by atoms with Crippen LogP contribution in [0.25, 0.3) is 0 Å². The van der Waals surface area contributed by atoms with Crippen LogP contribution < -0.4 is 17.0 Å². The number of fused-ring (bicyclic) bond motifs is 1. The smallest absolute Gasteiger partial charge is 0.305 e. The van der Waals surface area contributed by atoms with E-state index in [-0.39, 0.29) is 12.4 Å². The highest BCUT2D eigenvalue weighted by molar-refractivity contribution is 5.72. The molecule has 0 amide bonds. The maximum atomic E-state index is 8.73. The van der Waals surface area contributed by atoms with Crippen LogP contribution >= 0.6 is 0 Å². The standard InChI is InChI=1S/C17H21N3O2.ClH/c1-19-9-10-20(17(19)11-18-21)13-22-12-15-7-4-6-14-5-2-3-8-16(14)15;/h2-3,5,8-11,15H,4,6-7,12-13H2,1H3;1H. The topological polar surface area (TPSA) is 50.6 Å². The van der Waals surface area contributed by atoms with E-state index in [1.165, 1.54) is 36.6 Å². The Morgan fingerprint density at radius 2 is 2.26 bits per heavy atom. The molecule has 1 aromatic heterocycles. The van der Waals surface area contributed by atoms with E-state index in [4.69, 9.17) is 9.94 Å². The van der Waals surface area contributed by atoms with Gasteiger partial charge < -0.3 is 22.4 Å². The Kier molecular flexibility index (Phi) is 6.19. The molecular weight excluding hydrogens is 314 g/mol. The Morgan fingerprint density at radius 1 is 1.43 bits per heavy atom. The van der Waals surface area contributed by atoms with Gasteiger partial charge in [0.2, 0.25) is 0 Å². The third-order valence-electron chi connectivity index (χ3n) is 4.34. The Hall–Kier alpha value is -1.85. The molecule has 0 bridgehead atoms. The highest BCUT2D eigenvalue weighted by Crippen LogP contribution is 2.31. The molecule has 1 aliphatic carbocycles. The first-order chi connectivity index (χ1) is 10.8. The Morgan fingerprint density at radius 3 is 3.09 bits per heavy atom. The molecule has 1 aliphatic rings. The molecule has 3 rings (SSSR count). The van der Waals surface area contributed by atoms with E-state index in [2.05, 4.69) is 29.4 Å². The molecule has 2 aromatic rings. The van der Waals surface area contributed by atoms with Gasteiger partial charge in [-0.05, 0) is 30.4 Å². The van der Waals surface area contributed by atoms with Gasteiger partial charge in [0.25, 0.3) is 0 Å². The third-order valence-corrected chi connectivity index (χ3v) is 4.34. The van der Waals surface area contributed by atoms with Gasteiger partial charge in [-0.15, -0.1) is 0 Å². The van der Waals surface area contributed by atoms with Gasteiger partial charge >= 0.3 is 5.82 Å². The molecule has 0 radical (unpaired) electrons. The number of benzene rings is 1. The van der Waals surface area contributed by atoms with Crippen LogP contribution in [-0.4, -0.2) is 22.6 Å². The number of hydrogen-bond acceptors (Lipinski definition) is 3. The number of oxime groups is 1. The van der Waals surface area contributed by atoms with E-state index in [9.17, 15) is 0 Å². The van der Waals surface area contributed by atoms with E-state index in [1.54, 1.807) is 0 Å². The van der Waals surface area contributed by atoms with Gasteiger partial charge in [-0.3, -0.25) is 0 Å². The summed E-state index contributed by atoms with van der Waals surface area (Å²) in [6.45, 7) is 1.18. The van der Waals surface area contributed by atoms with E-state index in [0.717, 1.165) is 5.82 Å². The molecule has 0 spiro atoms. The summed E-state index contributed by atoms with van der Waals surface area (Å²) in [7, 11) is 1.91. The zero-order valence-corrected chi connectivity index (χ0v) is 14.0. The van der Waals surface area contributed by atoms with Gasteiger partial charge in [0, 0.05) is 5.92 Å². The predicted octanol–water partition coefficient (Wildman–Crippen LogP) is -0.781. The molecule has 0 saturated heterocycles. The number of halogens is 1. The van der Waals surface area contributed by atoms with Crippen molar-refractivity contribution in [2.24, 2.45) is 12.2 Å². The molecule has 1 atom stereocenters. The summed E-state index contributed by atoms with van der Waals surface area (Å²) >= 11 is 0. The first kappa shape index (κ1) is 17.5. The van der Waals surface area contributed by atoms with E-state index in [1.807, 2.05) is 28.6 Å². The summed E-state index contributed by atoms with van der Waals surface area (Å²) in [6.07, 6.45) is 8.84. The summed E-state index contributed by atoms with van der Waals surface area (Å²) in [6, 6.07) is 8.67. The normalized spacial score (nSPS) is 17.0. The minimum Gasteiger partial charge on any atom is -1.00 e. The highest BCUT2D eigenvalue weighted by atomic mass is 35.5. The van der Waals surface area contributed by atoms with Crippen molar-refractivity contribution in [2.75, 3.05) is 6.61 Å². The average molecular weight is 336 g/mol. The number of aryl methyl sites for hydroxylation is 2. The number of rotatable bonds is 5. The van der Waals surface area contributed by atoms with Gasteiger partial charge in [-0.1, -0.05) is 29.4 Å². The summed E-state index contributed by atoms with van der Waals surface area (Å²) in [5, 5.41) is 11.8. The molecule has 1 heterocycles. The van der Waals surface area contributed by atoms with Crippen molar-refractivity contribution in [3.63, 3.8) is 0 Å². The fourth-order valence-corrected chi connectivity index (χ4v) is 3.18. The summed E-state index contributed by atoms with van der Waals surface area (Å²) in [5.41, 5.74) is 2.90. The lowest BCUT2D eigenvalue weighted by atomic mass is 9.83. The Labute approximate surface area is 142 Å². The first-order valence-corrected chi connectivity index (χ1v) is 7.67. The van der Waals surface area contributed by atoms with Crippen molar-refractivity contribution < 1.29 is 26.9 Å². The van der Waals surface area contributed by atoms with Crippen molar-refractivity contribution in [1.29, 1.82) is 0 Å². The van der Waals surface area contributed by atoms with Crippen LogP contribution in [0, 0.1) is 0 Å². The predicted molar refractivity (Wildman–Crippen MR) is 83.1 cm³/mol. The van der Waals surface area contributed by atoms with Gasteiger partial charge in [0.05, 0.1) is 13.7 Å². The summed E-state index contributed by atoms with van der Waals surface area (Å²) in [5.74, 6) is 1.27. The zero-order chi connectivity index (χ0) is 15.4. The second kappa shape index (κ2) is 8.13. The van der Waals surface area contributed by atoms with Crippen LogP contribution in [0.4, 0.5) is 0 Å². The third kappa shape index (κ3) is 3.92. The van der Waals surface area contributed by atoms with Crippen molar-refractivity contribution in [3.05, 3.63) is 53.6 Å². The molecule has 1 unspecified atom stereocenters. The van der Waals surface area contributed by atoms with E-state index < -0.39 is 0 Å². The van der Waals surface area contributed by atoms with Crippen molar-refractivity contribution in [1.82, 2.24) is 4.57 Å². The molecule has 1 N–H and O–H groups in total. The van der Waals surface area contributed by atoms with Gasteiger partial charge in [0.15, 0.2) is 12.9 Å². The quantitative estimate of drug-likeness (QED) is 0.337. The van der Waals surface area contributed by atoms with E-state index >= 15 is 0 Å². The number of aromatic nitrogens is 2. The number of ether oxygens (including phenoxy) is 1. The van der Waals surface area contributed by atoms with Gasteiger partial charge in [0.1, 0.15) is 12.4 Å². The Balaban J connectivity index is 0.00000192. The largest absolute Gasteiger partial charge is 1.00 e. The van der Waals surface area contributed by atoms with Crippen LogP contribution in [0.5, 0.6) is 0 Å². The lowest BCUT2D eigenvalue weighted by molar-refractivity contribution is -0.672. The van der Waals surface area contributed by atoms with Crippen molar-refractivity contribution >= 4 is 6.21 Å². The average Bonchev–Trinajstić information content (AvgIpc) is 2.89. The van der Waals surface area contributed by atoms with Gasteiger partial charge in [-0.25, -0.2) is 9.13 Å². The summed E-state index contributed by atoms with van der Waals surface area (Å²) in [4.78, 5) is 0. The van der Waals surface area contributed by atoms with Crippen LogP contribution in [0.1, 0.15) is 35.7 Å². The molecule has 0 aliphatic heterocycles. The highest BCUT2D eigenvalue weighted by Gasteiger charge is 2.20. The minimum absolute atomic E-state index is 0. The monoisotopic (exact) mass is 335 g/mol. The first-order valence-electron chi connectivity index (χ1n) is 7.67. The second-order valence-corrected chi connectivity index (χ2v) is 5.77. The maximum Gasteiger partial charge on any atom is 0.305 e. The van der Waals surface area contributed by atoms with Crippen LogP contribution in [0.3, 0.4) is 0 Å². The zero-order valence-electron chi connectivity index (χ0n) is 13.2. The van der Waals surface area contributed by atoms with Crippen LogP contribution in [0.2, 0.25) is 0 Å². The molecule has 5 nitrogen and oxygen atoms in total.